The SMILES string of the molecule is CCOC(=O)c1ccc(NC(=O)c2noc3ncn(C)c(=O)c23)cc1. The number of aromatic nitrogens is 3. The number of hydrogen-bond acceptors (Lipinski definition) is 7. The fourth-order valence-electron chi connectivity index (χ4n) is 2.18. The predicted molar refractivity (Wildman–Crippen MR) is 87.4 cm³/mol. The average Bonchev–Trinajstić information content (AvgIpc) is 3.04. The first kappa shape index (κ1) is 16.4. The molecule has 0 unspecified atom stereocenters. The van der Waals surface area contributed by atoms with Gasteiger partial charge in [-0.1, -0.05) is 5.16 Å². The van der Waals surface area contributed by atoms with E-state index in [2.05, 4.69) is 15.5 Å². The molecule has 9 heteroatoms. The molecular formula is C16H14N4O5. The van der Waals surface area contributed by atoms with E-state index in [1.807, 2.05) is 0 Å². The lowest BCUT2D eigenvalue weighted by Crippen LogP contribution is -2.20. The predicted octanol–water partition coefficient (Wildman–Crippen LogP) is 1.35. The van der Waals surface area contributed by atoms with Crippen LogP contribution in [-0.2, 0) is 11.8 Å². The zero-order valence-electron chi connectivity index (χ0n) is 13.5. The molecule has 0 aliphatic carbocycles. The first-order valence-electron chi connectivity index (χ1n) is 7.40. The van der Waals surface area contributed by atoms with Crippen molar-refractivity contribution in [1.82, 2.24) is 14.7 Å². The number of rotatable bonds is 4. The van der Waals surface area contributed by atoms with Crippen molar-refractivity contribution in [2.75, 3.05) is 11.9 Å². The summed E-state index contributed by atoms with van der Waals surface area (Å²) in [7, 11) is 1.51. The van der Waals surface area contributed by atoms with E-state index in [0.717, 1.165) is 0 Å². The van der Waals surface area contributed by atoms with Crippen molar-refractivity contribution < 1.29 is 18.8 Å². The van der Waals surface area contributed by atoms with Crippen LogP contribution in [0.5, 0.6) is 0 Å². The third kappa shape index (κ3) is 3.11. The zero-order valence-corrected chi connectivity index (χ0v) is 13.5. The molecule has 1 amide bonds. The van der Waals surface area contributed by atoms with Gasteiger partial charge >= 0.3 is 5.97 Å². The summed E-state index contributed by atoms with van der Waals surface area (Å²) in [6, 6.07) is 6.13. The number of aryl methyl sites for hydroxylation is 1. The Labute approximate surface area is 141 Å². The van der Waals surface area contributed by atoms with E-state index in [1.165, 1.54) is 30.1 Å². The first-order chi connectivity index (χ1) is 12.0. The summed E-state index contributed by atoms with van der Waals surface area (Å²) in [4.78, 5) is 40.0. The van der Waals surface area contributed by atoms with Crippen molar-refractivity contribution >= 4 is 28.7 Å². The van der Waals surface area contributed by atoms with Crippen LogP contribution in [0.1, 0.15) is 27.8 Å². The van der Waals surface area contributed by atoms with Crippen molar-refractivity contribution in [3.05, 3.63) is 52.2 Å². The Morgan fingerprint density at radius 3 is 2.68 bits per heavy atom. The highest BCUT2D eigenvalue weighted by molar-refractivity contribution is 6.10. The number of hydrogen-bond donors (Lipinski definition) is 1. The molecule has 9 nitrogen and oxygen atoms in total. The van der Waals surface area contributed by atoms with Crippen LogP contribution in [0.4, 0.5) is 5.69 Å². The maximum Gasteiger partial charge on any atom is 0.338 e. The molecule has 2 aromatic heterocycles. The number of amides is 1. The summed E-state index contributed by atoms with van der Waals surface area (Å²) in [6.07, 6.45) is 1.28. The Kier molecular flexibility index (Phi) is 4.29. The van der Waals surface area contributed by atoms with Crippen molar-refractivity contribution in [2.45, 2.75) is 6.92 Å². The topological polar surface area (TPSA) is 116 Å². The second-order valence-corrected chi connectivity index (χ2v) is 5.12. The molecule has 0 atom stereocenters. The van der Waals surface area contributed by atoms with Gasteiger partial charge in [0, 0.05) is 12.7 Å². The van der Waals surface area contributed by atoms with Crippen molar-refractivity contribution in [1.29, 1.82) is 0 Å². The van der Waals surface area contributed by atoms with Crippen LogP contribution in [-0.4, -0.2) is 33.2 Å². The molecule has 0 fully saturated rings. The van der Waals surface area contributed by atoms with Gasteiger partial charge in [-0.15, -0.1) is 0 Å². The Morgan fingerprint density at radius 2 is 2.00 bits per heavy atom. The third-order valence-corrected chi connectivity index (χ3v) is 3.43. The minimum absolute atomic E-state index is 0.00523. The number of anilines is 1. The minimum Gasteiger partial charge on any atom is -0.462 e. The Balaban J connectivity index is 1.85. The molecule has 2 heterocycles. The van der Waals surface area contributed by atoms with Gasteiger partial charge < -0.3 is 19.1 Å². The molecule has 0 spiro atoms. The minimum atomic E-state index is -0.618. The number of benzene rings is 1. The molecule has 3 aromatic rings. The number of carbonyl (C=O) groups excluding carboxylic acids is 2. The van der Waals surface area contributed by atoms with Crippen molar-refractivity contribution in [3.63, 3.8) is 0 Å². The zero-order chi connectivity index (χ0) is 18.0. The second-order valence-electron chi connectivity index (χ2n) is 5.12. The van der Waals surface area contributed by atoms with Gasteiger partial charge in [0.2, 0.25) is 0 Å². The molecule has 0 saturated carbocycles. The fourth-order valence-corrected chi connectivity index (χ4v) is 2.18. The largest absolute Gasteiger partial charge is 0.462 e. The summed E-state index contributed by atoms with van der Waals surface area (Å²) < 4.78 is 11.0. The van der Waals surface area contributed by atoms with Crippen molar-refractivity contribution in [2.24, 2.45) is 7.05 Å². The Bertz CT molecular complexity index is 1000. The average molecular weight is 342 g/mol. The summed E-state index contributed by atoms with van der Waals surface area (Å²) >= 11 is 0. The van der Waals surface area contributed by atoms with Crippen LogP contribution >= 0.6 is 0 Å². The standard InChI is InChI=1S/C16H14N4O5/c1-3-24-16(23)9-4-6-10(7-5-9)18-13(21)12-11-14(25-19-12)17-8-20(2)15(11)22/h4-8H,3H2,1-2H3,(H,18,21). The van der Waals surface area contributed by atoms with Crippen LogP contribution in [0, 0.1) is 0 Å². The van der Waals surface area contributed by atoms with Crippen molar-refractivity contribution in [3.8, 4) is 0 Å². The number of esters is 1. The molecular weight excluding hydrogens is 328 g/mol. The molecule has 128 valence electrons. The van der Waals surface area contributed by atoms with Gasteiger partial charge in [-0.2, -0.15) is 0 Å². The van der Waals surface area contributed by atoms with E-state index >= 15 is 0 Å². The molecule has 25 heavy (non-hydrogen) atoms. The summed E-state index contributed by atoms with van der Waals surface area (Å²) in [5, 5.41) is 6.22. The van der Waals surface area contributed by atoms with E-state index in [0.29, 0.717) is 11.3 Å². The van der Waals surface area contributed by atoms with Crippen LogP contribution in [0.15, 0.2) is 39.9 Å². The molecule has 0 radical (unpaired) electrons. The normalized spacial score (nSPS) is 10.6. The number of ether oxygens (including phenoxy) is 1. The molecule has 3 rings (SSSR count). The van der Waals surface area contributed by atoms with Gasteiger partial charge in [-0.05, 0) is 31.2 Å². The quantitative estimate of drug-likeness (QED) is 0.711. The lowest BCUT2D eigenvalue weighted by atomic mass is 10.2. The highest BCUT2D eigenvalue weighted by Gasteiger charge is 2.21. The van der Waals surface area contributed by atoms with Gasteiger partial charge in [0.15, 0.2) is 5.69 Å². The summed E-state index contributed by atoms with van der Waals surface area (Å²) in [5.41, 5.74) is 0.192. The van der Waals surface area contributed by atoms with E-state index in [9.17, 15) is 14.4 Å². The molecule has 1 aromatic carbocycles. The summed E-state index contributed by atoms with van der Waals surface area (Å²) in [6.45, 7) is 1.99. The van der Waals surface area contributed by atoms with Crippen LogP contribution in [0.2, 0.25) is 0 Å². The van der Waals surface area contributed by atoms with Gasteiger partial charge in [0.05, 0.1) is 12.2 Å². The van der Waals surface area contributed by atoms with E-state index in [1.54, 1.807) is 19.1 Å². The first-order valence-corrected chi connectivity index (χ1v) is 7.40. The molecule has 0 aliphatic rings. The summed E-state index contributed by atoms with van der Waals surface area (Å²) in [5.74, 6) is -1.06. The molecule has 0 saturated heterocycles. The highest BCUT2D eigenvalue weighted by Crippen LogP contribution is 2.15. The molecule has 1 N–H and O–H groups in total. The smallest absolute Gasteiger partial charge is 0.338 e. The Morgan fingerprint density at radius 1 is 1.28 bits per heavy atom. The Hall–Kier alpha value is -3.49. The lowest BCUT2D eigenvalue weighted by Gasteiger charge is -2.05. The fraction of sp³-hybridized carbons (Fsp3) is 0.188. The number of nitrogens with zero attached hydrogens (tertiary/aromatic N) is 3. The van der Waals surface area contributed by atoms with Crippen LogP contribution < -0.4 is 10.9 Å². The van der Waals surface area contributed by atoms with Crippen LogP contribution in [0.25, 0.3) is 11.1 Å². The van der Waals surface area contributed by atoms with Gasteiger partial charge in [-0.25, -0.2) is 9.78 Å². The molecule has 0 bridgehead atoms. The number of carbonyl (C=O) groups is 2. The van der Waals surface area contributed by atoms with Gasteiger partial charge in [-0.3, -0.25) is 9.59 Å². The monoisotopic (exact) mass is 342 g/mol. The second kappa shape index (κ2) is 6.56. The highest BCUT2D eigenvalue weighted by atomic mass is 16.5. The maximum absolute atomic E-state index is 12.4. The van der Waals surface area contributed by atoms with Crippen LogP contribution in [0.3, 0.4) is 0 Å². The number of fused-ring (bicyclic) bond motifs is 1. The van der Waals surface area contributed by atoms with E-state index < -0.39 is 17.4 Å². The number of nitrogens with one attached hydrogen (secondary N) is 1. The van der Waals surface area contributed by atoms with E-state index in [4.69, 9.17) is 9.26 Å². The van der Waals surface area contributed by atoms with E-state index in [-0.39, 0.29) is 23.4 Å². The van der Waals surface area contributed by atoms with Gasteiger partial charge in [0.1, 0.15) is 11.7 Å². The maximum atomic E-state index is 12.4. The molecule has 0 aliphatic heterocycles. The van der Waals surface area contributed by atoms with Gasteiger partial charge in [0.25, 0.3) is 17.2 Å². The third-order valence-electron chi connectivity index (χ3n) is 3.43. The lowest BCUT2D eigenvalue weighted by molar-refractivity contribution is 0.0526.